The van der Waals surface area contributed by atoms with E-state index in [-0.39, 0.29) is 0 Å². The first-order valence-corrected chi connectivity index (χ1v) is 6.66. The van der Waals surface area contributed by atoms with Gasteiger partial charge >= 0.3 is 0 Å². The summed E-state index contributed by atoms with van der Waals surface area (Å²) in [7, 11) is 0. The van der Waals surface area contributed by atoms with Crippen LogP contribution in [0.1, 0.15) is 18.4 Å². The van der Waals surface area contributed by atoms with Crippen LogP contribution in [0.3, 0.4) is 0 Å². The minimum absolute atomic E-state index is 0.440. The highest BCUT2D eigenvalue weighted by Gasteiger charge is 2.13. The van der Waals surface area contributed by atoms with Gasteiger partial charge in [0.25, 0.3) is 0 Å². The first kappa shape index (κ1) is 12.2. The Morgan fingerprint density at radius 1 is 1.32 bits per heavy atom. The van der Waals surface area contributed by atoms with Crippen molar-refractivity contribution in [3.05, 3.63) is 42.5 Å². The molecule has 1 aliphatic rings. The van der Waals surface area contributed by atoms with Crippen LogP contribution in [0.25, 0.3) is 0 Å². The molecule has 5 heteroatoms. The van der Waals surface area contributed by atoms with Gasteiger partial charge in [0.1, 0.15) is 12.7 Å². The van der Waals surface area contributed by atoms with Crippen LogP contribution in [0.5, 0.6) is 0 Å². The number of hydrogen-bond acceptors (Lipinski definition) is 4. The summed E-state index contributed by atoms with van der Waals surface area (Å²) in [6, 6.07) is 8.90. The molecule has 2 aromatic rings. The van der Waals surface area contributed by atoms with E-state index in [1.165, 1.54) is 12.0 Å². The second-order valence-corrected chi connectivity index (χ2v) is 4.85. The van der Waals surface area contributed by atoms with Gasteiger partial charge in [-0.1, -0.05) is 12.1 Å². The van der Waals surface area contributed by atoms with Crippen LogP contribution in [0.2, 0.25) is 0 Å². The Labute approximate surface area is 112 Å². The molecule has 1 N–H and O–H groups in total. The number of hydrogen-bond donors (Lipinski definition) is 1. The third-order valence-corrected chi connectivity index (χ3v) is 3.30. The standard InChI is InChI=1S/C14H18N4O/c1-2-14(9-19-7-1)17-13-5-3-12(4-6-13)8-18-11-15-10-16-18/h3-6,10-11,14,17H,1-2,7-9H2. The average molecular weight is 258 g/mol. The molecular weight excluding hydrogens is 240 g/mol. The van der Waals surface area contributed by atoms with Crippen LogP contribution in [0.4, 0.5) is 5.69 Å². The van der Waals surface area contributed by atoms with Crippen molar-refractivity contribution < 1.29 is 4.74 Å². The fraction of sp³-hybridized carbons (Fsp3) is 0.429. The van der Waals surface area contributed by atoms with Crippen LogP contribution < -0.4 is 5.32 Å². The van der Waals surface area contributed by atoms with E-state index in [0.29, 0.717) is 6.04 Å². The fourth-order valence-electron chi connectivity index (χ4n) is 2.30. The molecule has 1 aromatic carbocycles. The van der Waals surface area contributed by atoms with Crippen molar-refractivity contribution >= 4 is 5.69 Å². The average Bonchev–Trinajstić information content (AvgIpc) is 2.95. The van der Waals surface area contributed by atoms with E-state index in [0.717, 1.165) is 31.9 Å². The largest absolute Gasteiger partial charge is 0.380 e. The Morgan fingerprint density at radius 3 is 2.89 bits per heavy atom. The number of rotatable bonds is 4. The molecule has 1 unspecified atom stereocenters. The van der Waals surface area contributed by atoms with Crippen LogP contribution in [-0.2, 0) is 11.3 Å². The van der Waals surface area contributed by atoms with Crippen molar-refractivity contribution in [1.29, 1.82) is 0 Å². The van der Waals surface area contributed by atoms with Gasteiger partial charge in [-0.25, -0.2) is 9.67 Å². The molecule has 3 rings (SSSR count). The zero-order valence-electron chi connectivity index (χ0n) is 10.8. The first-order chi connectivity index (χ1) is 9.40. The van der Waals surface area contributed by atoms with Crippen LogP contribution in [0.15, 0.2) is 36.9 Å². The summed E-state index contributed by atoms with van der Waals surface area (Å²) in [5, 5.41) is 7.61. The second kappa shape index (κ2) is 5.84. The highest BCUT2D eigenvalue weighted by atomic mass is 16.5. The summed E-state index contributed by atoms with van der Waals surface area (Å²) in [5.41, 5.74) is 2.37. The van der Waals surface area contributed by atoms with Gasteiger partial charge in [-0.05, 0) is 30.5 Å². The highest BCUT2D eigenvalue weighted by Crippen LogP contribution is 2.15. The maximum atomic E-state index is 5.47. The SMILES string of the molecule is c1ncn(Cc2ccc(NC3CCCOC3)cc2)n1. The minimum Gasteiger partial charge on any atom is -0.380 e. The zero-order valence-corrected chi connectivity index (χ0v) is 10.8. The van der Waals surface area contributed by atoms with E-state index in [9.17, 15) is 0 Å². The number of aromatic nitrogens is 3. The summed E-state index contributed by atoms with van der Waals surface area (Å²) in [6.07, 6.45) is 5.60. The molecule has 1 saturated heterocycles. The molecule has 1 aromatic heterocycles. The summed E-state index contributed by atoms with van der Waals surface area (Å²) in [6.45, 7) is 2.46. The maximum absolute atomic E-state index is 5.47. The molecule has 5 nitrogen and oxygen atoms in total. The molecule has 0 radical (unpaired) electrons. The Bertz CT molecular complexity index is 489. The Hall–Kier alpha value is -1.88. The smallest absolute Gasteiger partial charge is 0.137 e. The van der Waals surface area contributed by atoms with E-state index in [4.69, 9.17) is 4.74 Å². The summed E-state index contributed by atoms with van der Waals surface area (Å²) >= 11 is 0. The molecule has 2 heterocycles. The van der Waals surface area contributed by atoms with Gasteiger partial charge in [0.15, 0.2) is 0 Å². The molecule has 0 bridgehead atoms. The van der Waals surface area contributed by atoms with Crippen molar-refractivity contribution in [1.82, 2.24) is 14.8 Å². The van der Waals surface area contributed by atoms with Gasteiger partial charge in [-0.15, -0.1) is 0 Å². The van der Waals surface area contributed by atoms with Gasteiger partial charge in [0.05, 0.1) is 13.2 Å². The number of benzene rings is 1. The van der Waals surface area contributed by atoms with Crippen molar-refractivity contribution in [2.45, 2.75) is 25.4 Å². The Kier molecular flexibility index (Phi) is 3.74. The minimum atomic E-state index is 0.440. The van der Waals surface area contributed by atoms with Crippen LogP contribution >= 0.6 is 0 Å². The lowest BCUT2D eigenvalue weighted by Gasteiger charge is -2.24. The van der Waals surface area contributed by atoms with Gasteiger partial charge in [0.2, 0.25) is 0 Å². The van der Waals surface area contributed by atoms with Crippen LogP contribution in [-0.4, -0.2) is 34.0 Å². The van der Waals surface area contributed by atoms with Crippen molar-refractivity contribution in [2.24, 2.45) is 0 Å². The van der Waals surface area contributed by atoms with Crippen molar-refractivity contribution in [2.75, 3.05) is 18.5 Å². The molecule has 1 atom stereocenters. The molecular formula is C14H18N4O. The van der Waals surface area contributed by atoms with Crippen molar-refractivity contribution in [3.8, 4) is 0 Å². The summed E-state index contributed by atoms with van der Waals surface area (Å²) in [4.78, 5) is 3.94. The lowest BCUT2D eigenvalue weighted by atomic mass is 10.1. The monoisotopic (exact) mass is 258 g/mol. The van der Waals surface area contributed by atoms with Crippen molar-refractivity contribution in [3.63, 3.8) is 0 Å². The van der Waals surface area contributed by atoms with E-state index in [2.05, 4.69) is 39.7 Å². The number of nitrogens with one attached hydrogen (secondary N) is 1. The zero-order chi connectivity index (χ0) is 12.9. The van der Waals surface area contributed by atoms with Gasteiger partial charge in [0, 0.05) is 18.3 Å². The predicted molar refractivity (Wildman–Crippen MR) is 73.0 cm³/mol. The molecule has 1 fully saturated rings. The molecule has 19 heavy (non-hydrogen) atoms. The van der Waals surface area contributed by atoms with Gasteiger partial charge < -0.3 is 10.1 Å². The van der Waals surface area contributed by atoms with Gasteiger partial charge in [-0.3, -0.25) is 0 Å². The summed E-state index contributed by atoms with van der Waals surface area (Å²) < 4.78 is 7.28. The third-order valence-electron chi connectivity index (χ3n) is 3.30. The van der Waals surface area contributed by atoms with Gasteiger partial charge in [-0.2, -0.15) is 5.10 Å². The molecule has 1 aliphatic heterocycles. The first-order valence-electron chi connectivity index (χ1n) is 6.66. The fourth-order valence-corrected chi connectivity index (χ4v) is 2.30. The molecule has 0 amide bonds. The van der Waals surface area contributed by atoms with E-state index >= 15 is 0 Å². The lowest BCUT2D eigenvalue weighted by molar-refractivity contribution is 0.0876. The number of anilines is 1. The topological polar surface area (TPSA) is 52.0 Å². The van der Waals surface area contributed by atoms with E-state index < -0.39 is 0 Å². The number of ether oxygens (including phenoxy) is 1. The van der Waals surface area contributed by atoms with E-state index in [1.54, 1.807) is 12.7 Å². The predicted octanol–water partition coefficient (Wildman–Crippen LogP) is 1.92. The van der Waals surface area contributed by atoms with E-state index in [1.807, 2.05) is 4.68 Å². The maximum Gasteiger partial charge on any atom is 0.137 e. The lowest BCUT2D eigenvalue weighted by Crippen LogP contribution is -2.29. The van der Waals surface area contributed by atoms with Crippen LogP contribution in [0, 0.1) is 0 Å². The second-order valence-electron chi connectivity index (χ2n) is 4.85. The molecule has 0 spiro atoms. The Balaban J connectivity index is 1.58. The normalized spacial score (nSPS) is 19.3. The number of nitrogens with zero attached hydrogens (tertiary/aromatic N) is 3. The third kappa shape index (κ3) is 3.32. The molecule has 100 valence electrons. The quantitative estimate of drug-likeness (QED) is 0.910. The molecule has 0 aliphatic carbocycles. The molecule has 0 saturated carbocycles. The summed E-state index contributed by atoms with van der Waals surface area (Å²) in [5.74, 6) is 0. The highest BCUT2D eigenvalue weighted by molar-refractivity contribution is 5.45. The Morgan fingerprint density at radius 2 is 2.21 bits per heavy atom.